The van der Waals surface area contributed by atoms with E-state index in [4.69, 9.17) is 15.2 Å². The molecule has 2 aliphatic heterocycles. The summed E-state index contributed by atoms with van der Waals surface area (Å²) in [5.74, 6) is -0.330. The fraction of sp³-hybridized carbons (Fsp3) is 0.765. The average molecular weight is 339 g/mol. The topological polar surface area (TPSA) is 85.1 Å². The zero-order chi connectivity index (χ0) is 17.4. The Bertz CT molecular complexity index is 463. The molecule has 2 amide bonds. The highest BCUT2D eigenvalue weighted by atomic mass is 16.5. The van der Waals surface area contributed by atoms with Crippen molar-refractivity contribution in [2.45, 2.75) is 31.3 Å². The molecule has 0 aromatic carbocycles. The molecule has 0 aromatic heterocycles. The molecule has 2 aliphatic rings. The number of morpholine rings is 1. The van der Waals surface area contributed by atoms with Crippen LogP contribution in [0.5, 0.6) is 0 Å². The number of hydrogen-bond donors (Lipinski definition) is 1. The first-order valence-electron chi connectivity index (χ1n) is 8.64. The minimum atomic E-state index is -0.457. The summed E-state index contributed by atoms with van der Waals surface area (Å²) in [7, 11) is 1.64. The molecule has 2 fully saturated rings. The van der Waals surface area contributed by atoms with Gasteiger partial charge in [0.1, 0.15) is 0 Å². The van der Waals surface area contributed by atoms with Gasteiger partial charge >= 0.3 is 0 Å². The predicted octanol–water partition coefficient (Wildman–Crippen LogP) is 0.148. The van der Waals surface area contributed by atoms with Crippen molar-refractivity contribution in [3.63, 3.8) is 0 Å². The van der Waals surface area contributed by atoms with E-state index in [0.29, 0.717) is 13.0 Å². The van der Waals surface area contributed by atoms with E-state index in [1.165, 1.54) is 0 Å². The summed E-state index contributed by atoms with van der Waals surface area (Å²) in [6.07, 6.45) is 6.12. The molecule has 24 heavy (non-hydrogen) atoms. The summed E-state index contributed by atoms with van der Waals surface area (Å²) < 4.78 is 11.0. The number of carbonyl (C=O) groups excluding carboxylic acids is 2. The second kappa shape index (κ2) is 9.15. The molecule has 0 aromatic rings. The Balaban J connectivity index is 1.85. The zero-order valence-electron chi connectivity index (χ0n) is 14.5. The number of methoxy groups -OCH3 is 1. The highest BCUT2D eigenvalue weighted by Gasteiger charge is 2.36. The van der Waals surface area contributed by atoms with Crippen molar-refractivity contribution in [1.29, 1.82) is 0 Å². The van der Waals surface area contributed by atoms with Crippen LogP contribution < -0.4 is 5.73 Å². The molecule has 2 N–H and O–H groups in total. The maximum absolute atomic E-state index is 12.4. The van der Waals surface area contributed by atoms with Crippen LogP contribution in [0.4, 0.5) is 0 Å². The Morgan fingerprint density at radius 1 is 1.29 bits per heavy atom. The summed E-state index contributed by atoms with van der Waals surface area (Å²) in [5, 5.41) is 0. The van der Waals surface area contributed by atoms with Crippen molar-refractivity contribution >= 4 is 11.8 Å². The minimum Gasteiger partial charge on any atom is -0.379 e. The molecule has 0 unspecified atom stereocenters. The van der Waals surface area contributed by atoms with Crippen LogP contribution in [0.3, 0.4) is 0 Å². The standard InChI is InChI=1S/C17H29N3O4/c1-23-17(7-5-15(18)21)6-3-9-20(14-17)16(22)4-2-8-19-10-12-24-13-11-19/h2,4H,3,5-14H2,1H3,(H2,18,21)/b4-2+/t17-/m1/s1. The van der Waals surface area contributed by atoms with Crippen molar-refractivity contribution in [3.05, 3.63) is 12.2 Å². The molecule has 7 heteroatoms. The molecule has 0 radical (unpaired) electrons. The maximum atomic E-state index is 12.4. The number of nitrogens with zero attached hydrogens (tertiary/aromatic N) is 2. The van der Waals surface area contributed by atoms with E-state index in [1.807, 2.05) is 11.0 Å². The van der Waals surface area contributed by atoms with Gasteiger partial charge in [0.15, 0.2) is 0 Å². The summed E-state index contributed by atoms with van der Waals surface area (Å²) in [5.41, 5.74) is 4.80. The summed E-state index contributed by atoms with van der Waals surface area (Å²) in [4.78, 5) is 27.6. The number of hydrogen-bond acceptors (Lipinski definition) is 5. The lowest BCUT2D eigenvalue weighted by molar-refractivity contribution is -0.136. The van der Waals surface area contributed by atoms with Crippen LogP contribution in [-0.2, 0) is 19.1 Å². The number of carbonyl (C=O) groups is 2. The molecule has 0 spiro atoms. The number of rotatable bonds is 7. The maximum Gasteiger partial charge on any atom is 0.246 e. The van der Waals surface area contributed by atoms with E-state index in [0.717, 1.165) is 52.2 Å². The third-order valence-electron chi connectivity index (χ3n) is 4.84. The molecular formula is C17H29N3O4. The van der Waals surface area contributed by atoms with Gasteiger partial charge in [-0.05, 0) is 19.3 Å². The Kier molecular flexibility index (Phi) is 7.20. The number of likely N-dealkylation sites (tertiary alicyclic amines) is 1. The first kappa shape index (κ1) is 18.9. The highest BCUT2D eigenvalue weighted by molar-refractivity contribution is 5.87. The van der Waals surface area contributed by atoms with Crippen molar-refractivity contribution < 1.29 is 19.1 Å². The van der Waals surface area contributed by atoms with E-state index in [2.05, 4.69) is 4.90 Å². The van der Waals surface area contributed by atoms with Crippen LogP contribution in [0, 0.1) is 0 Å². The minimum absolute atomic E-state index is 0.00320. The molecule has 2 heterocycles. The molecule has 7 nitrogen and oxygen atoms in total. The first-order valence-corrected chi connectivity index (χ1v) is 8.64. The smallest absolute Gasteiger partial charge is 0.246 e. The van der Waals surface area contributed by atoms with Crippen LogP contribution in [0.25, 0.3) is 0 Å². The fourth-order valence-corrected chi connectivity index (χ4v) is 3.30. The zero-order valence-corrected chi connectivity index (χ0v) is 14.5. The molecule has 2 saturated heterocycles. The van der Waals surface area contributed by atoms with Crippen molar-refractivity contribution in [3.8, 4) is 0 Å². The van der Waals surface area contributed by atoms with Gasteiger partial charge in [0.25, 0.3) is 0 Å². The number of amides is 2. The van der Waals surface area contributed by atoms with E-state index in [1.54, 1.807) is 13.2 Å². The van der Waals surface area contributed by atoms with Crippen LogP contribution in [0.15, 0.2) is 12.2 Å². The van der Waals surface area contributed by atoms with E-state index >= 15 is 0 Å². The second-order valence-electron chi connectivity index (χ2n) is 6.53. The molecule has 136 valence electrons. The van der Waals surface area contributed by atoms with Crippen molar-refractivity contribution in [2.24, 2.45) is 5.73 Å². The van der Waals surface area contributed by atoms with Crippen molar-refractivity contribution in [2.75, 3.05) is 53.0 Å². The largest absolute Gasteiger partial charge is 0.379 e. The van der Waals surface area contributed by atoms with Gasteiger partial charge in [0.05, 0.1) is 18.8 Å². The van der Waals surface area contributed by atoms with Gasteiger partial charge in [-0.1, -0.05) is 6.08 Å². The summed E-state index contributed by atoms with van der Waals surface area (Å²) >= 11 is 0. The molecule has 2 rings (SSSR count). The van der Waals surface area contributed by atoms with Gasteiger partial charge in [-0.3, -0.25) is 14.5 Å². The third kappa shape index (κ3) is 5.58. The van der Waals surface area contributed by atoms with E-state index < -0.39 is 5.60 Å². The number of nitrogens with two attached hydrogens (primary N) is 1. The predicted molar refractivity (Wildman–Crippen MR) is 90.4 cm³/mol. The fourth-order valence-electron chi connectivity index (χ4n) is 3.30. The lowest BCUT2D eigenvalue weighted by atomic mass is 9.87. The van der Waals surface area contributed by atoms with Crippen molar-refractivity contribution in [1.82, 2.24) is 9.80 Å². The van der Waals surface area contributed by atoms with Crippen LogP contribution in [0.1, 0.15) is 25.7 Å². The normalized spacial score (nSPS) is 26.0. The van der Waals surface area contributed by atoms with E-state index in [9.17, 15) is 9.59 Å². The van der Waals surface area contributed by atoms with Crippen LogP contribution in [-0.4, -0.2) is 80.3 Å². The van der Waals surface area contributed by atoms with Gasteiger partial charge in [-0.15, -0.1) is 0 Å². The van der Waals surface area contributed by atoms with Crippen LogP contribution >= 0.6 is 0 Å². The average Bonchev–Trinajstić information content (AvgIpc) is 2.61. The lowest BCUT2D eigenvalue weighted by Crippen LogP contribution is -2.51. The van der Waals surface area contributed by atoms with Gasteiger partial charge in [0, 0.05) is 52.3 Å². The van der Waals surface area contributed by atoms with Gasteiger partial charge in [-0.25, -0.2) is 0 Å². The van der Waals surface area contributed by atoms with Gasteiger partial charge in [0.2, 0.25) is 11.8 Å². The SMILES string of the molecule is CO[C@@]1(CCC(N)=O)CCCN(C(=O)/C=C/CN2CCOCC2)C1. The molecule has 0 bridgehead atoms. The summed E-state index contributed by atoms with van der Waals surface area (Å²) in [6, 6.07) is 0. The quantitative estimate of drug-likeness (QED) is 0.667. The lowest BCUT2D eigenvalue weighted by Gasteiger charge is -2.41. The Morgan fingerprint density at radius 2 is 2.04 bits per heavy atom. The Morgan fingerprint density at radius 3 is 2.71 bits per heavy atom. The summed E-state index contributed by atoms with van der Waals surface area (Å²) in [6.45, 7) is 5.32. The second-order valence-corrected chi connectivity index (χ2v) is 6.53. The van der Waals surface area contributed by atoms with Gasteiger partial charge in [-0.2, -0.15) is 0 Å². The third-order valence-corrected chi connectivity index (χ3v) is 4.84. The molecular weight excluding hydrogens is 310 g/mol. The Hall–Kier alpha value is -1.44. The molecule has 0 aliphatic carbocycles. The highest BCUT2D eigenvalue weighted by Crippen LogP contribution is 2.29. The monoisotopic (exact) mass is 339 g/mol. The number of piperidine rings is 1. The Labute approximate surface area is 143 Å². The molecule has 0 saturated carbocycles. The van der Waals surface area contributed by atoms with Crippen LogP contribution in [0.2, 0.25) is 0 Å². The number of ether oxygens (including phenoxy) is 2. The first-order chi connectivity index (χ1) is 11.5. The van der Waals surface area contributed by atoms with E-state index in [-0.39, 0.29) is 18.2 Å². The molecule has 1 atom stereocenters. The number of primary amides is 1. The van der Waals surface area contributed by atoms with Gasteiger partial charge < -0.3 is 20.1 Å².